The second-order valence-electron chi connectivity index (χ2n) is 3.32. The monoisotopic (exact) mass is 213 g/mol. The van der Waals surface area contributed by atoms with Gasteiger partial charge in [0.05, 0.1) is 0 Å². The molecular weight excluding hydrogens is 204 g/mol. The van der Waals surface area contributed by atoms with E-state index in [1.807, 2.05) is 0 Å². The molecule has 0 fully saturated rings. The van der Waals surface area contributed by atoms with Crippen LogP contribution in [0.1, 0.15) is 17.7 Å². The Morgan fingerprint density at radius 2 is 2.20 bits per heavy atom. The van der Waals surface area contributed by atoms with Crippen molar-refractivity contribution in [1.29, 1.82) is 0 Å². The van der Waals surface area contributed by atoms with Gasteiger partial charge in [0.2, 0.25) is 5.56 Å². The first-order valence-electron chi connectivity index (χ1n) is 4.35. The normalized spacial score (nSPS) is 11.5. The maximum Gasteiger partial charge on any atom is 0.264 e. The zero-order valence-corrected chi connectivity index (χ0v) is 8.21. The molecule has 0 saturated heterocycles. The van der Waals surface area contributed by atoms with Crippen LogP contribution in [0.3, 0.4) is 0 Å². The molecule has 6 heteroatoms. The van der Waals surface area contributed by atoms with E-state index in [1.54, 1.807) is 14.0 Å². The highest BCUT2D eigenvalue weighted by molar-refractivity contribution is 5.81. The van der Waals surface area contributed by atoms with Gasteiger partial charge in [-0.15, -0.1) is 0 Å². The van der Waals surface area contributed by atoms with Crippen molar-refractivity contribution >= 4 is 11.0 Å². The number of fused-ring (bicyclic) bond motifs is 1. The van der Waals surface area contributed by atoms with Crippen LogP contribution < -0.4 is 5.56 Å². The van der Waals surface area contributed by atoms with Crippen molar-refractivity contribution < 1.29 is 8.78 Å². The van der Waals surface area contributed by atoms with Crippen molar-refractivity contribution in [3.8, 4) is 0 Å². The predicted octanol–water partition coefficient (Wildman–Crippen LogP) is 1.51. The Kier molecular flexibility index (Phi) is 2.06. The van der Waals surface area contributed by atoms with Crippen LogP contribution in [0, 0.1) is 6.92 Å². The summed E-state index contributed by atoms with van der Waals surface area (Å²) in [7, 11) is 1.64. The Morgan fingerprint density at radius 1 is 1.53 bits per heavy atom. The van der Waals surface area contributed by atoms with Crippen molar-refractivity contribution in [2.24, 2.45) is 7.05 Å². The second-order valence-corrected chi connectivity index (χ2v) is 3.32. The van der Waals surface area contributed by atoms with Crippen LogP contribution in [0.5, 0.6) is 0 Å². The van der Waals surface area contributed by atoms with Gasteiger partial charge in [0.1, 0.15) is 0 Å². The number of nitrogens with zero attached hydrogens (tertiary/aromatic N) is 2. The van der Waals surface area contributed by atoms with E-state index < -0.39 is 12.0 Å². The number of pyridine rings is 1. The molecule has 0 aliphatic carbocycles. The molecule has 0 bridgehead atoms. The SMILES string of the molecule is Cc1c2c(C(F)F)cc(=O)[nH]c2nn1C. The average molecular weight is 213 g/mol. The molecule has 0 unspecified atom stereocenters. The molecule has 4 nitrogen and oxygen atoms in total. The topological polar surface area (TPSA) is 50.7 Å². The number of hydrogen-bond acceptors (Lipinski definition) is 2. The number of H-pyrrole nitrogens is 1. The predicted molar refractivity (Wildman–Crippen MR) is 51.0 cm³/mol. The van der Waals surface area contributed by atoms with E-state index in [1.165, 1.54) is 4.68 Å². The van der Waals surface area contributed by atoms with Gasteiger partial charge in [-0.2, -0.15) is 5.10 Å². The van der Waals surface area contributed by atoms with E-state index in [9.17, 15) is 13.6 Å². The Bertz CT molecular complexity index is 570. The third-order valence-electron chi connectivity index (χ3n) is 2.39. The summed E-state index contributed by atoms with van der Waals surface area (Å²) in [6.07, 6.45) is -2.67. The molecule has 2 aromatic heterocycles. The number of halogens is 2. The molecule has 2 heterocycles. The van der Waals surface area contributed by atoms with E-state index in [-0.39, 0.29) is 11.2 Å². The lowest BCUT2D eigenvalue weighted by molar-refractivity contribution is 0.153. The maximum absolute atomic E-state index is 12.7. The van der Waals surface area contributed by atoms with Gasteiger partial charge in [-0.3, -0.25) is 9.48 Å². The van der Waals surface area contributed by atoms with E-state index in [0.29, 0.717) is 11.1 Å². The van der Waals surface area contributed by atoms with Gasteiger partial charge in [-0.1, -0.05) is 0 Å². The molecule has 0 amide bonds. The summed E-state index contributed by atoms with van der Waals surface area (Å²) in [4.78, 5) is 13.5. The Labute approximate surface area is 83.5 Å². The third-order valence-corrected chi connectivity index (χ3v) is 2.39. The molecule has 1 N–H and O–H groups in total. The molecule has 2 aromatic rings. The van der Waals surface area contributed by atoms with Crippen molar-refractivity contribution in [3.63, 3.8) is 0 Å². The first kappa shape index (κ1) is 9.82. The van der Waals surface area contributed by atoms with Crippen LogP contribution in [0.25, 0.3) is 11.0 Å². The molecule has 0 aromatic carbocycles. The average Bonchev–Trinajstić information content (AvgIpc) is 2.41. The highest BCUT2D eigenvalue weighted by Crippen LogP contribution is 2.26. The summed E-state index contributed by atoms with van der Waals surface area (Å²) in [5.41, 5.74) is -0.00963. The largest absolute Gasteiger partial charge is 0.305 e. The number of rotatable bonds is 1. The molecular formula is C9H9F2N3O. The minimum atomic E-state index is -2.67. The number of aromatic amines is 1. The zero-order chi connectivity index (χ0) is 11.2. The standard InChI is InChI=1S/C9H9F2N3O/c1-4-7-5(8(10)11)3-6(15)12-9(7)13-14(4)2/h3,8H,1-2H3,(H,12,13,15). The lowest BCUT2D eigenvalue weighted by Gasteiger charge is -2.01. The number of alkyl halides is 2. The van der Waals surface area contributed by atoms with Gasteiger partial charge in [0, 0.05) is 29.8 Å². The van der Waals surface area contributed by atoms with E-state index >= 15 is 0 Å². The summed E-state index contributed by atoms with van der Waals surface area (Å²) in [5, 5.41) is 4.27. The smallest absolute Gasteiger partial charge is 0.264 e. The van der Waals surface area contributed by atoms with Gasteiger partial charge >= 0.3 is 0 Å². The van der Waals surface area contributed by atoms with Crippen LogP contribution in [-0.2, 0) is 7.05 Å². The van der Waals surface area contributed by atoms with Gasteiger partial charge < -0.3 is 4.98 Å². The zero-order valence-electron chi connectivity index (χ0n) is 8.21. The summed E-state index contributed by atoms with van der Waals surface area (Å²) >= 11 is 0. The van der Waals surface area contributed by atoms with Crippen molar-refractivity contribution in [1.82, 2.24) is 14.8 Å². The van der Waals surface area contributed by atoms with Gasteiger partial charge in [0.25, 0.3) is 6.43 Å². The number of aryl methyl sites for hydroxylation is 2. The van der Waals surface area contributed by atoms with Crippen LogP contribution in [-0.4, -0.2) is 14.8 Å². The summed E-state index contributed by atoms with van der Waals surface area (Å²) < 4.78 is 26.8. The highest BCUT2D eigenvalue weighted by atomic mass is 19.3. The number of aromatic nitrogens is 3. The fraction of sp³-hybridized carbons (Fsp3) is 0.333. The van der Waals surface area contributed by atoms with Crippen molar-refractivity contribution in [2.45, 2.75) is 13.3 Å². The van der Waals surface area contributed by atoms with Crippen LogP contribution in [0.4, 0.5) is 8.78 Å². The fourth-order valence-corrected chi connectivity index (χ4v) is 1.58. The first-order chi connectivity index (χ1) is 7.00. The van der Waals surface area contributed by atoms with Gasteiger partial charge in [-0.05, 0) is 6.92 Å². The molecule has 80 valence electrons. The van der Waals surface area contributed by atoms with Crippen molar-refractivity contribution in [2.75, 3.05) is 0 Å². The quantitative estimate of drug-likeness (QED) is 0.780. The molecule has 0 atom stereocenters. The first-order valence-corrected chi connectivity index (χ1v) is 4.35. The molecule has 2 rings (SSSR count). The number of nitrogens with one attached hydrogen (secondary N) is 1. The summed E-state index contributed by atoms with van der Waals surface area (Å²) in [6, 6.07) is 0.918. The van der Waals surface area contributed by atoms with E-state index in [2.05, 4.69) is 10.1 Å². The van der Waals surface area contributed by atoms with Crippen LogP contribution >= 0.6 is 0 Å². The van der Waals surface area contributed by atoms with Gasteiger partial charge in [-0.25, -0.2) is 8.78 Å². The lowest BCUT2D eigenvalue weighted by Crippen LogP contribution is -2.06. The lowest BCUT2D eigenvalue weighted by atomic mass is 10.1. The van der Waals surface area contributed by atoms with E-state index in [4.69, 9.17) is 0 Å². The number of hydrogen-bond donors (Lipinski definition) is 1. The molecule has 15 heavy (non-hydrogen) atoms. The Hall–Kier alpha value is -1.72. The second kappa shape index (κ2) is 3.15. The molecule has 0 aliphatic rings. The minimum Gasteiger partial charge on any atom is -0.305 e. The highest BCUT2D eigenvalue weighted by Gasteiger charge is 2.17. The van der Waals surface area contributed by atoms with E-state index in [0.717, 1.165) is 6.07 Å². The fourth-order valence-electron chi connectivity index (χ4n) is 1.58. The van der Waals surface area contributed by atoms with Crippen LogP contribution in [0.2, 0.25) is 0 Å². The van der Waals surface area contributed by atoms with Crippen molar-refractivity contribution in [3.05, 3.63) is 27.7 Å². The maximum atomic E-state index is 12.7. The third kappa shape index (κ3) is 1.42. The summed E-state index contributed by atoms with van der Waals surface area (Å²) in [5.74, 6) is 0. The molecule has 0 saturated carbocycles. The molecule has 0 radical (unpaired) electrons. The Balaban J connectivity index is 2.94. The minimum absolute atomic E-state index is 0.206. The molecule has 0 spiro atoms. The van der Waals surface area contributed by atoms with Crippen LogP contribution in [0.15, 0.2) is 10.9 Å². The molecule has 0 aliphatic heterocycles. The van der Waals surface area contributed by atoms with Gasteiger partial charge in [0.15, 0.2) is 5.65 Å². The Morgan fingerprint density at radius 3 is 2.80 bits per heavy atom. The summed E-state index contributed by atoms with van der Waals surface area (Å²) in [6.45, 7) is 1.68.